The standard InChI is InChI=1S/C22H26F2N2O2/c1-16-5-3-6-18(13-16)20-7-4-12-26(20)15-21(27)25(2)14-17-8-10-19(11-9-17)28-22(23)24/h3,5-6,8-11,13,20,22H,4,7,12,14-15H2,1-2H3. The van der Waals surface area contributed by atoms with Crippen molar-refractivity contribution in [1.29, 1.82) is 0 Å². The molecule has 1 fully saturated rings. The number of halogens is 2. The van der Waals surface area contributed by atoms with E-state index >= 15 is 0 Å². The lowest BCUT2D eigenvalue weighted by Gasteiger charge is -2.27. The molecule has 0 aromatic heterocycles. The summed E-state index contributed by atoms with van der Waals surface area (Å²) < 4.78 is 28.8. The molecule has 150 valence electrons. The van der Waals surface area contributed by atoms with Gasteiger partial charge in [0.05, 0.1) is 6.54 Å². The molecule has 0 N–H and O–H groups in total. The Kier molecular flexibility index (Phi) is 6.62. The minimum Gasteiger partial charge on any atom is -0.435 e. The second kappa shape index (κ2) is 9.15. The van der Waals surface area contributed by atoms with Gasteiger partial charge in [0.15, 0.2) is 0 Å². The van der Waals surface area contributed by atoms with E-state index in [2.05, 4.69) is 40.8 Å². The van der Waals surface area contributed by atoms with Crippen LogP contribution in [0.5, 0.6) is 5.75 Å². The van der Waals surface area contributed by atoms with Crippen LogP contribution in [-0.4, -0.2) is 42.5 Å². The fourth-order valence-corrected chi connectivity index (χ4v) is 3.70. The third kappa shape index (κ3) is 5.29. The molecule has 0 spiro atoms. The van der Waals surface area contributed by atoms with Crippen LogP contribution < -0.4 is 4.74 Å². The maximum atomic E-state index is 12.7. The van der Waals surface area contributed by atoms with Crippen molar-refractivity contribution in [2.45, 2.75) is 39.0 Å². The van der Waals surface area contributed by atoms with Crippen molar-refractivity contribution in [2.75, 3.05) is 20.1 Å². The van der Waals surface area contributed by atoms with Gasteiger partial charge in [0, 0.05) is 19.6 Å². The maximum Gasteiger partial charge on any atom is 0.387 e. The number of hydrogen-bond acceptors (Lipinski definition) is 3. The quantitative estimate of drug-likeness (QED) is 0.705. The monoisotopic (exact) mass is 388 g/mol. The first-order valence-corrected chi connectivity index (χ1v) is 9.50. The van der Waals surface area contributed by atoms with E-state index in [-0.39, 0.29) is 17.7 Å². The van der Waals surface area contributed by atoms with Gasteiger partial charge in [0.25, 0.3) is 0 Å². The van der Waals surface area contributed by atoms with Gasteiger partial charge < -0.3 is 9.64 Å². The molecular formula is C22H26F2N2O2. The summed E-state index contributed by atoms with van der Waals surface area (Å²) in [4.78, 5) is 16.6. The molecule has 6 heteroatoms. The Labute approximate surface area is 164 Å². The Morgan fingerprint density at radius 2 is 2.00 bits per heavy atom. The number of alkyl halides is 2. The summed E-state index contributed by atoms with van der Waals surface area (Å²) in [5, 5.41) is 0. The van der Waals surface area contributed by atoms with Crippen LogP contribution in [0.1, 0.15) is 35.6 Å². The van der Waals surface area contributed by atoms with E-state index in [0.717, 1.165) is 24.9 Å². The molecule has 1 atom stereocenters. The topological polar surface area (TPSA) is 32.8 Å². The number of rotatable bonds is 7. The number of hydrogen-bond donors (Lipinski definition) is 0. The molecule has 3 rings (SSSR count). The average Bonchev–Trinajstić information content (AvgIpc) is 3.11. The number of ether oxygens (including phenoxy) is 1. The van der Waals surface area contributed by atoms with E-state index in [1.54, 1.807) is 24.1 Å². The van der Waals surface area contributed by atoms with Crippen molar-refractivity contribution in [3.63, 3.8) is 0 Å². The van der Waals surface area contributed by atoms with Gasteiger partial charge >= 0.3 is 6.61 Å². The summed E-state index contributed by atoms with van der Waals surface area (Å²) in [7, 11) is 1.77. The van der Waals surface area contributed by atoms with Crippen LogP contribution in [0.2, 0.25) is 0 Å². The average molecular weight is 388 g/mol. The van der Waals surface area contributed by atoms with E-state index in [1.165, 1.54) is 23.3 Å². The molecular weight excluding hydrogens is 362 g/mol. The molecule has 2 aromatic rings. The Balaban J connectivity index is 1.57. The van der Waals surface area contributed by atoms with Crippen LogP contribution in [0.15, 0.2) is 48.5 Å². The summed E-state index contributed by atoms with van der Waals surface area (Å²) in [5.41, 5.74) is 3.36. The van der Waals surface area contributed by atoms with Crippen LogP contribution >= 0.6 is 0 Å². The van der Waals surface area contributed by atoms with Gasteiger partial charge in [-0.05, 0) is 49.6 Å². The lowest BCUT2D eigenvalue weighted by molar-refractivity contribution is -0.131. The molecule has 1 aliphatic rings. The van der Waals surface area contributed by atoms with Crippen LogP contribution in [0, 0.1) is 6.92 Å². The van der Waals surface area contributed by atoms with Crippen molar-refractivity contribution >= 4 is 5.91 Å². The highest BCUT2D eigenvalue weighted by atomic mass is 19.3. The third-order valence-corrected chi connectivity index (χ3v) is 5.12. The minimum absolute atomic E-state index is 0.0486. The number of likely N-dealkylation sites (N-methyl/N-ethyl adjacent to an activating group) is 1. The van der Waals surface area contributed by atoms with Gasteiger partial charge in [-0.25, -0.2) is 0 Å². The summed E-state index contributed by atoms with van der Waals surface area (Å²) in [6, 6.07) is 15.1. The van der Waals surface area contributed by atoms with Crippen molar-refractivity contribution in [3.05, 3.63) is 65.2 Å². The zero-order chi connectivity index (χ0) is 20.1. The lowest BCUT2D eigenvalue weighted by Crippen LogP contribution is -2.37. The summed E-state index contributed by atoms with van der Waals surface area (Å²) >= 11 is 0. The molecule has 1 amide bonds. The fraction of sp³-hybridized carbons (Fsp3) is 0.409. The van der Waals surface area contributed by atoms with Gasteiger partial charge in [-0.15, -0.1) is 0 Å². The highest BCUT2D eigenvalue weighted by Crippen LogP contribution is 2.32. The fourth-order valence-electron chi connectivity index (χ4n) is 3.70. The molecule has 0 bridgehead atoms. The van der Waals surface area contributed by atoms with E-state index in [1.807, 2.05) is 0 Å². The molecule has 0 aliphatic carbocycles. The molecule has 1 saturated heterocycles. The molecule has 1 aliphatic heterocycles. The van der Waals surface area contributed by atoms with Gasteiger partial charge in [-0.1, -0.05) is 42.0 Å². The molecule has 0 saturated carbocycles. The van der Waals surface area contributed by atoms with E-state index < -0.39 is 6.61 Å². The van der Waals surface area contributed by atoms with Crippen LogP contribution in [-0.2, 0) is 11.3 Å². The van der Waals surface area contributed by atoms with Crippen LogP contribution in [0.4, 0.5) is 8.78 Å². The van der Waals surface area contributed by atoms with E-state index in [9.17, 15) is 13.6 Å². The zero-order valence-corrected chi connectivity index (χ0v) is 16.3. The molecule has 28 heavy (non-hydrogen) atoms. The third-order valence-electron chi connectivity index (χ3n) is 5.12. The van der Waals surface area contributed by atoms with Crippen molar-refractivity contribution < 1.29 is 18.3 Å². The van der Waals surface area contributed by atoms with Gasteiger partial charge in [-0.2, -0.15) is 8.78 Å². The first-order valence-electron chi connectivity index (χ1n) is 9.50. The van der Waals surface area contributed by atoms with Gasteiger partial charge in [-0.3, -0.25) is 9.69 Å². The van der Waals surface area contributed by atoms with Crippen molar-refractivity contribution in [2.24, 2.45) is 0 Å². The second-order valence-electron chi connectivity index (χ2n) is 7.31. The summed E-state index contributed by atoms with van der Waals surface area (Å²) in [5.74, 6) is 0.165. The number of aryl methyl sites for hydroxylation is 1. The number of amides is 1. The SMILES string of the molecule is Cc1cccc(C2CCCN2CC(=O)N(C)Cc2ccc(OC(F)F)cc2)c1. The maximum absolute atomic E-state index is 12.7. The van der Waals surface area contributed by atoms with Gasteiger partial charge in [0.2, 0.25) is 5.91 Å². The first kappa shape index (κ1) is 20.3. The predicted molar refractivity (Wildman–Crippen MR) is 104 cm³/mol. The largest absolute Gasteiger partial charge is 0.435 e. The highest BCUT2D eigenvalue weighted by Gasteiger charge is 2.28. The first-order chi connectivity index (χ1) is 13.4. The number of carbonyl (C=O) groups excluding carboxylic acids is 1. The van der Waals surface area contributed by atoms with E-state index in [0.29, 0.717) is 13.1 Å². The number of likely N-dealkylation sites (tertiary alicyclic amines) is 1. The Bertz CT molecular complexity index is 795. The van der Waals surface area contributed by atoms with E-state index in [4.69, 9.17) is 0 Å². The smallest absolute Gasteiger partial charge is 0.387 e. The number of nitrogens with zero attached hydrogens (tertiary/aromatic N) is 2. The summed E-state index contributed by atoms with van der Waals surface area (Å²) in [6.45, 7) is 0.965. The summed E-state index contributed by atoms with van der Waals surface area (Å²) in [6.07, 6.45) is 2.15. The Morgan fingerprint density at radius 3 is 2.68 bits per heavy atom. The number of carbonyl (C=O) groups is 1. The Hall–Kier alpha value is -2.47. The minimum atomic E-state index is -2.84. The van der Waals surface area contributed by atoms with Gasteiger partial charge in [0.1, 0.15) is 5.75 Å². The molecule has 2 aromatic carbocycles. The molecule has 4 nitrogen and oxygen atoms in total. The normalized spacial score (nSPS) is 17.1. The zero-order valence-electron chi connectivity index (χ0n) is 16.3. The van der Waals surface area contributed by atoms with Crippen molar-refractivity contribution in [1.82, 2.24) is 9.80 Å². The molecule has 1 unspecified atom stereocenters. The molecule has 0 radical (unpaired) electrons. The van der Waals surface area contributed by atoms with Crippen LogP contribution in [0.3, 0.4) is 0 Å². The molecule has 1 heterocycles. The van der Waals surface area contributed by atoms with Crippen LogP contribution in [0.25, 0.3) is 0 Å². The number of benzene rings is 2. The predicted octanol–water partition coefficient (Wildman–Crippen LogP) is 4.39. The second-order valence-corrected chi connectivity index (χ2v) is 7.31. The Morgan fingerprint density at radius 1 is 1.25 bits per heavy atom. The lowest BCUT2D eigenvalue weighted by atomic mass is 10.0. The van der Waals surface area contributed by atoms with Crippen molar-refractivity contribution in [3.8, 4) is 5.75 Å². The highest BCUT2D eigenvalue weighted by molar-refractivity contribution is 5.78.